The molecule has 17 heavy (non-hydrogen) atoms. The number of alkyl halides is 1. The number of hydrogen-bond donors (Lipinski definition) is 1. The van der Waals surface area contributed by atoms with Gasteiger partial charge in [-0.05, 0) is 25.5 Å². The third-order valence-electron chi connectivity index (χ3n) is 2.15. The molecule has 0 spiro atoms. The summed E-state index contributed by atoms with van der Waals surface area (Å²) in [6.45, 7) is 3.12. The Balaban J connectivity index is 3.21. The van der Waals surface area contributed by atoms with Crippen molar-refractivity contribution in [2.75, 3.05) is 9.93 Å². The molecule has 6 nitrogen and oxygen atoms in total. The number of rotatable bonds is 4. The maximum Gasteiger partial charge on any atom is 0.272 e. The van der Waals surface area contributed by atoms with Crippen LogP contribution in [0.25, 0.3) is 0 Å². The molecule has 0 aromatic heterocycles. The molecule has 1 N–H and O–H groups in total. The van der Waals surface area contributed by atoms with Crippen LogP contribution in [0.1, 0.15) is 11.1 Å². The molecule has 0 aliphatic carbocycles. The number of benzene rings is 1. The molecule has 0 heterocycles. The highest BCUT2D eigenvalue weighted by Gasteiger charge is 2.16. The molecule has 0 saturated heterocycles. The standard InChI is InChI=1S/C9H11ClN2O4S/c1-6-4-9(12(13)14)7(2)3-8(6)11-17(15,16)5-10/h3-4,11H,5H2,1-2H3. The number of nitrogens with zero attached hydrogens (tertiary/aromatic N) is 1. The van der Waals surface area contributed by atoms with Crippen molar-refractivity contribution in [1.82, 2.24) is 0 Å². The SMILES string of the molecule is Cc1cc([N+](=O)[O-])c(C)cc1NS(=O)(=O)CCl. The van der Waals surface area contributed by atoms with E-state index in [9.17, 15) is 18.5 Å². The summed E-state index contributed by atoms with van der Waals surface area (Å²) in [6.07, 6.45) is 0. The monoisotopic (exact) mass is 278 g/mol. The molecule has 0 aliphatic rings. The van der Waals surface area contributed by atoms with E-state index in [-0.39, 0.29) is 5.69 Å². The van der Waals surface area contributed by atoms with Gasteiger partial charge in [-0.15, -0.1) is 11.6 Å². The summed E-state index contributed by atoms with van der Waals surface area (Å²) in [5.74, 6) is 0. The summed E-state index contributed by atoms with van der Waals surface area (Å²) >= 11 is 5.26. The van der Waals surface area contributed by atoms with Crippen LogP contribution in [0.15, 0.2) is 12.1 Å². The first-order valence-corrected chi connectivity index (χ1v) is 6.77. The van der Waals surface area contributed by atoms with Crippen molar-refractivity contribution in [2.24, 2.45) is 0 Å². The molecule has 0 unspecified atom stereocenters. The second kappa shape index (κ2) is 4.89. The Labute approximate surface area is 104 Å². The molecule has 8 heteroatoms. The summed E-state index contributed by atoms with van der Waals surface area (Å²) in [7, 11) is -3.60. The number of nitro groups is 1. The number of aryl methyl sites for hydroxylation is 2. The Morgan fingerprint density at radius 2 is 1.94 bits per heavy atom. The topological polar surface area (TPSA) is 89.3 Å². The van der Waals surface area contributed by atoms with Crippen molar-refractivity contribution < 1.29 is 13.3 Å². The Kier molecular flexibility index (Phi) is 3.94. The first-order valence-electron chi connectivity index (χ1n) is 4.59. The minimum absolute atomic E-state index is 0.0451. The molecule has 0 radical (unpaired) electrons. The molecule has 0 bridgehead atoms. The van der Waals surface area contributed by atoms with Gasteiger partial charge < -0.3 is 0 Å². The molecular weight excluding hydrogens is 268 g/mol. The smallest absolute Gasteiger partial charge is 0.272 e. The predicted octanol–water partition coefficient (Wildman–Crippen LogP) is 2.15. The minimum Gasteiger partial charge on any atom is -0.282 e. The van der Waals surface area contributed by atoms with E-state index < -0.39 is 20.2 Å². The van der Waals surface area contributed by atoms with Gasteiger partial charge in [0.1, 0.15) is 5.21 Å². The molecule has 0 saturated carbocycles. The minimum atomic E-state index is -3.60. The molecule has 1 aromatic rings. The van der Waals surface area contributed by atoms with E-state index in [4.69, 9.17) is 11.6 Å². The lowest BCUT2D eigenvalue weighted by atomic mass is 10.1. The average molecular weight is 279 g/mol. The van der Waals surface area contributed by atoms with E-state index in [1.807, 2.05) is 0 Å². The zero-order valence-corrected chi connectivity index (χ0v) is 10.8. The van der Waals surface area contributed by atoms with Crippen LogP contribution in [0, 0.1) is 24.0 Å². The van der Waals surface area contributed by atoms with Crippen LogP contribution >= 0.6 is 11.6 Å². The van der Waals surface area contributed by atoms with Crippen LogP contribution in [0.4, 0.5) is 11.4 Å². The fraction of sp³-hybridized carbons (Fsp3) is 0.333. The Bertz CT molecular complexity index is 556. The summed E-state index contributed by atoms with van der Waals surface area (Å²) in [5.41, 5.74) is 1.11. The first-order chi connectivity index (χ1) is 7.76. The number of nitro benzene ring substituents is 1. The highest BCUT2D eigenvalue weighted by Crippen LogP contribution is 2.26. The number of halogens is 1. The van der Waals surface area contributed by atoms with Crippen LogP contribution in [-0.4, -0.2) is 18.6 Å². The van der Waals surface area contributed by atoms with E-state index >= 15 is 0 Å². The molecule has 0 aliphatic heterocycles. The summed E-state index contributed by atoms with van der Waals surface area (Å²) < 4.78 is 24.8. The van der Waals surface area contributed by atoms with Crippen molar-refractivity contribution in [3.63, 3.8) is 0 Å². The maximum atomic E-state index is 11.3. The van der Waals surface area contributed by atoms with Gasteiger partial charge in [0.05, 0.1) is 10.6 Å². The van der Waals surface area contributed by atoms with E-state index in [1.54, 1.807) is 6.92 Å². The van der Waals surface area contributed by atoms with Gasteiger partial charge in [-0.25, -0.2) is 8.42 Å². The van der Waals surface area contributed by atoms with Crippen LogP contribution in [0.5, 0.6) is 0 Å². The maximum absolute atomic E-state index is 11.3. The fourth-order valence-corrected chi connectivity index (χ4v) is 2.08. The van der Waals surface area contributed by atoms with Crippen molar-refractivity contribution in [1.29, 1.82) is 0 Å². The molecule has 94 valence electrons. The summed E-state index contributed by atoms with van der Waals surface area (Å²) in [6, 6.07) is 2.74. The Morgan fingerprint density at radius 3 is 2.41 bits per heavy atom. The van der Waals surface area contributed by atoms with Gasteiger partial charge in [-0.2, -0.15) is 0 Å². The van der Waals surface area contributed by atoms with Gasteiger partial charge in [-0.3, -0.25) is 14.8 Å². The van der Waals surface area contributed by atoms with Crippen molar-refractivity contribution >= 4 is 33.0 Å². The van der Waals surface area contributed by atoms with Crippen LogP contribution in [0.3, 0.4) is 0 Å². The second-order valence-electron chi connectivity index (χ2n) is 3.54. The molecular formula is C9H11ClN2O4S. The quantitative estimate of drug-likeness (QED) is 0.519. The summed E-state index contributed by atoms with van der Waals surface area (Å²) in [4.78, 5) is 10.2. The van der Waals surface area contributed by atoms with Gasteiger partial charge >= 0.3 is 0 Å². The Morgan fingerprint density at radius 1 is 1.35 bits per heavy atom. The zero-order valence-electron chi connectivity index (χ0n) is 9.23. The molecule has 0 amide bonds. The molecule has 0 fully saturated rings. The lowest BCUT2D eigenvalue weighted by molar-refractivity contribution is -0.385. The van der Waals surface area contributed by atoms with Gasteiger partial charge in [-0.1, -0.05) is 0 Å². The predicted molar refractivity (Wildman–Crippen MR) is 65.8 cm³/mol. The third-order valence-corrected chi connectivity index (χ3v) is 3.83. The number of sulfonamides is 1. The molecule has 1 aromatic carbocycles. The number of hydrogen-bond acceptors (Lipinski definition) is 4. The average Bonchev–Trinajstić information content (AvgIpc) is 2.22. The van der Waals surface area contributed by atoms with E-state index in [0.717, 1.165) is 0 Å². The van der Waals surface area contributed by atoms with Gasteiger partial charge in [0.15, 0.2) is 0 Å². The van der Waals surface area contributed by atoms with Gasteiger partial charge in [0.2, 0.25) is 10.0 Å². The third kappa shape index (κ3) is 3.31. The van der Waals surface area contributed by atoms with E-state index in [2.05, 4.69) is 4.72 Å². The first kappa shape index (κ1) is 13.7. The highest BCUT2D eigenvalue weighted by atomic mass is 35.5. The van der Waals surface area contributed by atoms with Crippen molar-refractivity contribution in [3.8, 4) is 0 Å². The molecule has 1 rings (SSSR count). The Hall–Kier alpha value is -1.34. The van der Waals surface area contributed by atoms with Crippen molar-refractivity contribution in [2.45, 2.75) is 13.8 Å². The normalized spacial score (nSPS) is 11.2. The highest BCUT2D eigenvalue weighted by molar-refractivity contribution is 7.93. The zero-order chi connectivity index (χ0) is 13.2. The number of nitrogens with one attached hydrogen (secondary N) is 1. The van der Waals surface area contributed by atoms with E-state index in [1.165, 1.54) is 19.1 Å². The summed E-state index contributed by atoms with van der Waals surface area (Å²) in [5, 5.41) is 10.1. The van der Waals surface area contributed by atoms with Crippen LogP contribution in [0.2, 0.25) is 0 Å². The molecule has 0 atom stereocenters. The largest absolute Gasteiger partial charge is 0.282 e. The van der Waals surface area contributed by atoms with Crippen LogP contribution in [-0.2, 0) is 10.0 Å². The fourth-order valence-electron chi connectivity index (χ4n) is 1.30. The van der Waals surface area contributed by atoms with Crippen LogP contribution < -0.4 is 4.72 Å². The van der Waals surface area contributed by atoms with Crippen molar-refractivity contribution in [3.05, 3.63) is 33.4 Å². The van der Waals surface area contributed by atoms with E-state index in [0.29, 0.717) is 16.8 Å². The number of anilines is 1. The van der Waals surface area contributed by atoms with Gasteiger partial charge in [0, 0.05) is 11.6 Å². The second-order valence-corrected chi connectivity index (χ2v) is 5.84. The lowest BCUT2D eigenvalue weighted by Gasteiger charge is -2.09. The van der Waals surface area contributed by atoms with Gasteiger partial charge in [0.25, 0.3) is 5.69 Å². The lowest BCUT2D eigenvalue weighted by Crippen LogP contribution is -2.14.